The summed E-state index contributed by atoms with van der Waals surface area (Å²) in [5.74, 6) is 0. The highest BCUT2D eigenvalue weighted by atomic mass is 79.9. The van der Waals surface area contributed by atoms with Gasteiger partial charge in [-0.1, -0.05) is 33.2 Å². The second-order valence-electron chi connectivity index (χ2n) is 4.98. The highest BCUT2D eigenvalue weighted by Gasteiger charge is 2.08. The molecule has 0 unspecified atom stereocenters. The van der Waals surface area contributed by atoms with E-state index in [1.54, 1.807) is 12.4 Å². The lowest BCUT2D eigenvalue weighted by atomic mass is 10.0. The molecule has 1 aromatic heterocycles. The van der Waals surface area contributed by atoms with E-state index in [0.29, 0.717) is 6.61 Å². The van der Waals surface area contributed by atoms with Crippen LogP contribution in [0.3, 0.4) is 0 Å². The van der Waals surface area contributed by atoms with E-state index < -0.39 is 0 Å². The molecule has 1 aromatic carbocycles. The first-order valence-corrected chi connectivity index (χ1v) is 7.61. The molecule has 110 valence electrons. The van der Waals surface area contributed by atoms with Gasteiger partial charge < -0.3 is 9.74 Å². The number of oxime groups is 1. The van der Waals surface area contributed by atoms with E-state index in [9.17, 15) is 0 Å². The molecule has 5 heteroatoms. The summed E-state index contributed by atoms with van der Waals surface area (Å²) in [5.41, 5.74) is 2.74. The van der Waals surface area contributed by atoms with E-state index in [-0.39, 0.29) is 0 Å². The van der Waals surface area contributed by atoms with Crippen molar-refractivity contribution < 1.29 is 9.74 Å². The summed E-state index contributed by atoms with van der Waals surface area (Å²) in [5, 5.41) is 4.31. The molecule has 0 saturated heterocycles. The van der Waals surface area contributed by atoms with E-state index in [1.165, 1.54) is 4.90 Å². The molecule has 0 spiro atoms. The normalized spacial score (nSPS) is 11.7. The number of rotatable bonds is 6. The van der Waals surface area contributed by atoms with Crippen molar-refractivity contribution in [3.05, 3.63) is 64.4 Å². The second-order valence-corrected chi connectivity index (χ2v) is 5.89. The monoisotopic (exact) mass is 348 g/mol. The Hall–Kier alpha value is -1.72. The number of aromatic nitrogens is 1. The molecule has 0 atom stereocenters. The number of quaternary nitrogens is 1. The molecular formula is C16H19BrN3O+. The van der Waals surface area contributed by atoms with Gasteiger partial charge in [-0.3, -0.25) is 4.98 Å². The third-order valence-electron chi connectivity index (χ3n) is 2.90. The summed E-state index contributed by atoms with van der Waals surface area (Å²) in [7, 11) is 4.17. The van der Waals surface area contributed by atoms with E-state index in [0.717, 1.165) is 27.9 Å². The molecule has 0 radical (unpaired) electrons. The van der Waals surface area contributed by atoms with E-state index in [1.807, 2.05) is 36.4 Å². The Morgan fingerprint density at radius 3 is 2.57 bits per heavy atom. The lowest BCUT2D eigenvalue weighted by molar-refractivity contribution is -0.858. The largest absolute Gasteiger partial charge is 0.389 e. The van der Waals surface area contributed by atoms with Crippen LogP contribution >= 0.6 is 15.9 Å². The average molecular weight is 349 g/mol. The van der Waals surface area contributed by atoms with E-state index >= 15 is 0 Å². The van der Waals surface area contributed by atoms with Gasteiger partial charge in [0, 0.05) is 28.0 Å². The number of hydrogen-bond acceptors (Lipinski definition) is 3. The minimum Gasteiger partial charge on any atom is -0.389 e. The van der Waals surface area contributed by atoms with Gasteiger partial charge in [-0.05, 0) is 24.3 Å². The van der Waals surface area contributed by atoms with Crippen LogP contribution in [0.4, 0.5) is 0 Å². The standard InChI is InChI=1S/C16H18BrN3O/c1-20(2)10-11-21-19-16(14-4-3-9-18-12-14)13-5-7-15(17)8-6-13/h3-9,12H,10-11H2,1-2H3/p+1/b19-16-. The van der Waals surface area contributed by atoms with Gasteiger partial charge in [-0.15, -0.1) is 0 Å². The van der Waals surface area contributed by atoms with Gasteiger partial charge in [0.05, 0.1) is 14.1 Å². The van der Waals surface area contributed by atoms with Crippen LogP contribution in [0.15, 0.2) is 58.4 Å². The first kappa shape index (κ1) is 15.7. The Kier molecular flexibility index (Phi) is 5.90. The maximum absolute atomic E-state index is 5.47. The molecule has 0 bridgehead atoms. The van der Waals surface area contributed by atoms with Gasteiger partial charge in [-0.2, -0.15) is 0 Å². The smallest absolute Gasteiger partial charge is 0.165 e. The summed E-state index contributed by atoms with van der Waals surface area (Å²) < 4.78 is 1.04. The number of nitrogens with one attached hydrogen (secondary N) is 1. The zero-order valence-electron chi connectivity index (χ0n) is 12.2. The van der Waals surface area contributed by atoms with Crippen molar-refractivity contribution in [2.75, 3.05) is 27.2 Å². The van der Waals surface area contributed by atoms with Crippen LogP contribution in [0, 0.1) is 0 Å². The molecule has 1 N–H and O–H groups in total. The minimum absolute atomic E-state index is 0.586. The Morgan fingerprint density at radius 1 is 1.19 bits per heavy atom. The Bertz CT molecular complexity index is 582. The van der Waals surface area contributed by atoms with Crippen molar-refractivity contribution in [3.8, 4) is 0 Å². The van der Waals surface area contributed by atoms with Crippen LogP contribution in [-0.4, -0.2) is 37.9 Å². The van der Waals surface area contributed by atoms with Crippen LogP contribution in [0.25, 0.3) is 0 Å². The quantitative estimate of drug-likeness (QED) is 0.490. The molecule has 0 aliphatic carbocycles. The van der Waals surface area contributed by atoms with E-state index in [4.69, 9.17) is 4.84 Å². The molecule has 0 fully saturated rings. The van der Waals surface area contributed by atoms with Crippen molar-refractivity contribution in [3.63, 3.8) is 0 Å². The summed E-state index contributed by atoms with van der Waals surface area (Å²) in [6.45, 7) is 1.49. The molecule has 0 aliphatic rings. The SMILES string of the molecule is C[NH+](C)CCO/N=C(/c1ccc(Br)cc1)c1cccnc1. The number of nitrogens with zero attached hydrogens (tertiary/aromatic N) is 2. The highest BCUT2D eigenvalue weighted by Crippen LogP contribution is 2.15. The fourth-order valence-corrected chi connectivity index (χ4v) is 2.01. The van der Waals surface area contributed by atoms with Crippen LogP contribution in [0.5, 0.6) is 0 Å². The van der Waals surface area contributed by atoms with Gasteiger partial charge >= 0.3 is 0 Å². The molecule has 0 aliphatic heterocycles. The third-order valence-corrected chi connectivity index (χ3v) is 3.43. The summed E-state index contributed by atoms with van der Waals surface area (Å²) in [4.78, 5) is 11.0. The Labute approximate surface area is 133 Å². The second kappa shape index (κ2) is 7.90. The topological polar surface area (TPSA) is 38.9 Å². The predicted octanol–water partition coefficient (Wildman–Crippen LogP) is 1.76. The van der Waals surface area contributed by atoms with Crippen molar-refractivity contribution in [2.45, 2.75) is 0 Å². The molecule has 0 saturated carbocycles. The Balaban J connectivity index is 2.22. The van der Waals surface area contributed by atoms with Crippen molar-refractivity contribution in [2.24, 2.45) is 5.16 Å². The first-order chi connectivity index (χ1) is 10.2. The first-order valence-electron chi connectivity index (χ1n) is 6.82. The summed E-state index contributed by atoms with van der Waals surface area (Å²) in [6.07, 6.45) is 3.54. The van der Waals surface area contributed by atoms with Gasteiger partial charge in [-0.25, -0.2) is 0 Å². The molecule has 2 aromatic rings. The van der Waals surface area contributed by atoms with Crippen molar-refractivity contribution >= 4 is 21.6 Å². The van der Waals surface area contributed by atoms with Crippen LogP contribution in [0.2, 0.25) is 0 Å². The maximum Gasteiger partial charge on any atom is 0.165 e. The fourth-order valence-electron chi connectivity index (χ4n) is 1.74. The third kappa shape index (κ3) is 4.95. The molecule has 4 nitrogen and oxygen atoms in total. The number of halogens is 1. The number of hydrogen-bond donors (Lipinski definition) is 1. The Morgan fingerprint density at radius 2 is 1.95 bits per heavy atom. The lowest BCUT2D eigenvalue weighted by Gasteiger charge is -2.09. The van der Waals surface area contributed by atoms with Crippen LogP contribution in [0.1, 0.15) is 11.1 Å². The number of likely N-dealkylation sites (N-methyl/N-ethyl adjacent to an activating group) is 1. The number of pyridine rings is 1. The van der Waals surface area contributed by atoms with Crippen LogP contribution < -0.4 is 4.90 Å². The molecule has 2 rings (SSSR count). The predicted molar refractivity (Wildman–Crippen MR) is 87.6 cm³/mol. The van der Waals surface area contributed by atoms with E-state index in [2.05, 4.69) is 40.2 Å². The summed E-state index contributed by atoms with van der Waals surface area (Å²) >= 11 is 3.44. The highest BCUT2D eigenvalue weighted by molar-refractivity contribution is 9.10. The average Bonchev–Trinajstić information content (AvgIpc) is 2.49. The van der Waals surface area contributed by atoms with Gasteiger partial charge in [0.25, 0.3) is 0 Å². The molecule has 1 heterocycles. The molecule has 21 heavy (non-hydrogen) atoms. The van der Waals surface area contributed by atoms with Crippen LogP contribution in [-0.2, 0) is 4.84 Å². The van der Waals surface area contributed by atoms with Gasteiger partial charge in [0.2, 0.25) is 0 Å². The molecular weight excluding hydrogens is 330 g/mol. The van der Waals surface area contributed by atoms with Gasteiger partial charge in [0.1, 0.15) is 12.3 Å². The fraction of sp³-hybridized carbons (Fsp3) is 0.250. The lowest BCUT2D eigenvalue weighted by Crippen LogP contribution is -3.06. The molecule has 0 amide bonds. The zero-order valence-corrected chi connectivity index (χ0v) is 13.8. The zero-order chi connectivity index (χ0) is 15.1. The minimum atomic E-state index is 0.586. The summed E-state index contributed by atoms with van der Waals surface area (Å²) in [6, 6.07) is 11.9. The van der Waals surface area contributed by atoms with Gasteiger partial charge in [0.15, 0.2) is 6.61 Å². The van der Waals surface area contributed by atoms with Crippen molar-refractivity contribution in [1.29, 1.82) is 0 Å². The number of benzene rings is 1. The maximum atomic E-state index is 5.47. The van der Waals surface area contributed by atoms with Crippen molar-refractivity contribution in [1.82, 2.24) is 4.98 Å².